The molecule has 6 heteroatoms. The van der Waals surface area contributed by atoms with Gasteiger partial charge in [0.15, 0.2) is 5.78 Å². The summed E-state index contributed by atoms with van der Waals surface area (Å²) < 4.78 is 1.56. The zero-order valence-corrected chi connectivity index (χ0v) is 9.35. The maximum atomic E-state index is 11.9. The van der Waals surface area contributed by atoms with Crippen LogP contribution in [0.5, 0.6) is 0 Å². The molecule has 2 rings (SSSR count). The molecule has 16 heavy (non-hydrogen) atoms. The lowest BCUT2D eigenvalue weighted by atomic mass is 10.1. The number of nitrogens with zero attached hydrogens (tertiary/aromatic N) is 4. The van der Waals surface area contributed by atoms with Gasteiger partial charge in [0.1, 0.15) is 12.2 Å². The summed E-state index contributed by atoms with van der Waals surface area (Å²) in [5, 5.41) is 4.25. The van der Waals surface area contributed by atoms with Crippen LogP contribution in [0, 0.1) is 0 Å². The van der Waals surface area contributed by atoms with Crippen LogP contribution < -0.4 is 0 Å². The molecule has 0 aliphatic carbocycles. The van der Waals surface area contributed by atoms with E-state index >= 15 is 0 Å². The van der Waals surface area contributed by atoms with Gasteiger partial charge in [0.05, 0.1) is 11.4 Å². The van der Waals surface area contributed by atoms with E-state index in [0.717, 1.165) is 0 Å². The molecule has 0 saturated heterocycles. The minimum absolute atomic E-state index is 0.0940. The fourth-order valence-corrected chi connectivity index (χ4v) is 1.55. The monoisotopic (exact) mass is 236 g/mol. The van der Waals surface area contributed by atoms with Gasteiger partial charge < -0.3 is 0 Å². The summed E-state index contributed by atoms with van der Waals surface area (Å²) in [6.45, 7) is 0. The van der Waals surface area contributed by atoms with Crippen LogP contribution in [0.2, 0.25) is 5.02 Å². The van der Waals surface area contributed by atoms with Gasteiger partial charge in [0, 0.05) is 25.0 Å². The van der Waals surface area contributed by atoms with Crippen molar-refractivity contribution in [3.05, 3.63) is 41.2 Å². The first-order chi connectivity index (χ1) is 7.68. The van der Waals surface area contributed by atoms with E-state index in [1.165, 1.54) is 18.7 Å². The highest BCUT2D eigenvalue weighted by atomic mass is 35.5. The molecule has 0 aliphatic heterocycles. The zero-order chi connectivity index (χ0) is 11.5. The average Bonchev–Trinajstić information content (AvgIpc) is 2.65. The van der Waals surface area contributed by atoms with E-state index < -0.39 is 0 Å². The minimum atomic E-state index is -0.0940. The van der Waals surface area contributed by atoms with Crippen molar-refractivity contribution in [2.24, 2.45) is 7.05 Å². The third-order valence-electron chi connectivity index (χ3n) is 2.20. The molecule has 0 atom stereocenters. The molecule has 0 radical (unpaired) electrons. The van der Waals surface area contributed by atoms with Crippen molar-refractivity contribution in [1.29, 1.82) is 0 Å². The second kappa shape index (κ2) is 4.40. The van der Waals surface area contributed by atoms with Crippen molar-refractivity contribution in [3.8, 4) is 0 Å². The van der Waals surface area contributed by atoms with E-state index in [-0.39, 0.29) is 12.2 Å². The molecule has 0 spiro atoms. The molecular formula is C10H9ClN4O. The predicted molar refractivity (Wildman–Crippen MR) is 58.3 cm³/mol. The SMILES string of the molecule is Cn1ncnc1CC(=O)c1ccncc1Cl. The molecule has 0 aliphatic rings. The lowest BCUT2D eigenvalue weighted by Crippen LogP contribution is -2.09. The number of carbonyl (C=O) groups excluding carboxylic acids is 1. The Morgan fingerprint density at radius 3 is 3.00 bits per heavy atom. The van der Waals surface area contributed by atoms with E-state index in [2.05, 4.69) is 15.1 Å². The number of ketones is 1. The highest BCUT2D eigenvalue weighted by Gasteiger charge is 2.13. The summed E-state index contributed by atoms with van der Waals surface area (Å²) >= 11 is 5.87. The Balaban J connectivity index is 2.22. The van der Waals surface area contributed by atoms with Crippen LogP contribution in [0.25, 0.3) is 0 Å². The summed E-state index contributed by atoms with van der Waals surface area (Å²) in [5.74, 6) is 0.515. The van der Waals surface area contributed by atoms with Crippen LogP contribution in [0.3, 0.4) is 0 Å². The van der Waals surface area contributed by atoms with Gasteiger partial charge in [0.2, 0.25) is 0 Å². The van der Waals surface area contributed by atoms with Gasteiger partial charge >= 0.3 is 0 Å². The Bertz CT molecular complexity index is 523. The summed E-state index contributed by atoms with van der Waals surface area (Å²) in [5.41, 5.74) is 0.458. The van der Waals surface area contributed by atoms with E-state index in [0.29, 0.717) is 16.4 Å². The van der Waals surface area contributed by atoms with E-state index in [4.69, 9.17) is 11.6 Å². The molecule has 0 unspecified atom stereocenters. The van der Waals surface area contributed by atoms with Crippen molar-refractivity contribution < 1.29 is 4.79 Å². The van der Waals surface area contributed by atoms with Crippen LogP contribution >= 0.6 is 11.6 Å². The number of rotatable bonds is 3. The topological polar surface area (TPSA) is 60.7 Å². The van der Waals surface area contributed by atoms with Crippen LogP contribution in [0.4, 0.5) is 0 Å². The maximum Gasteiger partial charge on any atom is 0.172 e. The highest BCUT2D eigenvalue weighted by molar-refractivity contribution is 6.33. The third kappa shape index (κ3) is 2.09. The first kappa shape index (κ1) is 10.8. The zero-order valence-electron chi connectivity index (χ0n) is 8.59. The lowest BCUT2D eigenvalue weighted by molar-refractivity contribution is 0.0989. The van der Waals surface area contributed by atoms with Gasteiger partial charge in [-0.25, -0.2) is 4.98 Å². The molecule has 0 saturated carbocycles. The molecule has 0 amide bonds. The van der Waals surface area contributed by atoms with Crippen LogP contribution in [0.15, 0.2) is 24.8 Å². The van der Waals surface area contributed by atoms with Gasteiger partial charge in [-0.2, -0.15) is 5.10 Å². The highest BCUT2D eigenvalue weighted by Crippen LogP contribution is 2.15. The molecular weight excluding hydrogens is 228 g/mol. The number of halogens is 1. The minimum Gasteiger partial charge on any atom is -0.294 e. The van der Waals surface area contributed by atoms with Crippen LogP contribution in [-0.2, 0) is 13.5 Å². The molecule has 0 N–H and O–H groups in total. The first-order valence-corrected chi connectivity index (χ1v) is 5.02. The molecule has 0 fully saturated rings. The van der Waals surface area contributed by atoms with E-state index in [1.54, 1.807) is 17.8 Å². The lowest BCUT2D eigenvalue weighted by Gasteiger charge is -2.02. The van der Waals surface area contributed by atoms with E-state index in [1.807, 2.05) is 0 Å². The first-order valence-electron chi connectivity index (χ1n) is 4.64. The number of aryl methyl sites for hydroxylation is 1. The predicted octanol–water partition coefficient (Wildman–Crippen LogP) is 1.29. The number of Topliss-reactive ketones (excluding diaryl/α,β-unsaturated/α-hetero) is 1. The van der Waals surface area contributed by atoms with Gasteiger partial charge in [-0.3, -0.25) is 14.5 Å². The Hall–Kier alpha value is -1.75. The molecule has 2 aromatic heterocycles. The van der Waals surface area contributed by atoms with Gasteiger partial charge in [-0.1, -0.05) is 11.6 Å². The average molecular weight is 237 g/mol. The number of carbonyl (C=O) groups is 1. The molecule has 2 heterocycles. The quantitative estimate of drug-likeness (QED) is 0.754. The largest absolute Gasteiger partial charge is 0.294 e. The van der Waals surface area contributed by atoms with Gasteiger partial charge in [0.25, 0.3) is 0 Å². The molecule has 82 valence electrons. The standard InChI is InChI=1S/C10H9ClN4O/c1-15-10(13-6-14-15)4-9(16)7-2-3-12-5-8(7)11/h2-3,5-6H,4H2,1H3. The molecule has 2 aromatic rings. The van der Waals surface area contributed by atoms with Crippen molar-refractivity contribution in [2.45, 2.75) is 6.42 Å². The Morgan fingerprint density at radius 1 is 1.56 bits per heavy atom. The third-order valence-corrected chi connectivity index (χ3v) is 2.50. The van der Waals surface area contributed by atoms with Crippen molar-refractivity contribution in [1.82, 2.24) is 19.7 Å². The molecule has 5 nitrogen and oxygen atoms in total. The van der Waals surface area contributed by atoms with Crippen LogP contribution in [-0.4, -0.2) is 25.5 Å². The number of hydrogen-bond acceptors (Lipinski definition) is 4. The summed E-state index contributed by atoms with van der Waals surface area (Å²) in [6.07, 6.45) is 4.58. The van der Waals surface area contributed by atoms with Crippen LogP contribution in [0.1, 0.15) is 16.2 Å². The normalized spacial score (nSPS) is 10.4. The van der Waals surface area contributed by atoms with Crippen molar-refractivity contribution >= 4 is 17.4 Å². The Kier molecular flexibility index (Phi) is 2.96. The summed E-state index contributed by atoms with van der Waals surface area (Å²) in [6, 6.07) is 1.60. The van der Waals surface area contributed by atoms with E-state index in [9.17, 15) is 4.79 Å². The number of hydrogen-bond donors (Lipinski definition) is 0. The summed E-state index contributed by atoms with van der Waals surface area (Å²) in [4.78, 5) is 19.7. The smallest absolute Gasteiger partial charge is 0.172 e. The molecule has 0 aromatic carbocycles. The number of pyridine rings is 1. The maximum absolute atomic E-state index is 11.9. The fraction of sp³-hybridized carbons (Fsp3) is 0.200. The Morgan fingerprint density at radius 2 is 2.38 bits per heavy atom. The van der Waals surface area contributed by atoms with Crippen molar-refractivity contribution in [2.75, 3.05) is 0 Å². The molecule has 0 bridgehead atoms. The van der Waals surface area contributed by atoms with Crippen molar-refractivity contribution in [3.63, 3.8) is 0 Å². The summed E-state index contributed by atoms with van der Waals surface area (Å²) in [7, 11) is 1.74. The Labute approximate surface area is 97.1 Å². The second-order valence-corrected chi connectivity index (χ2v) is 3.66. The second-order valence-electron chi connectivity index (χ2n) is 3.26. The number of aromatic nitrogens is 4. The fourth-order valence-electron chi connectivity index (χ4n) is 1.32. The van der Waals surface area contributed by atoms with Gasteiger partial charge in [-0.05, 0) is 6.07 Å². The van der Waals surface area contributed by atoms with Gasteiger partial charge in [-0.15, -0.1) is 0 Å².